The van der Waals surface area contributed by atoms with E-state index >= 15 is 0 Å². The van der Waals surface area contributed by atoms with Gasteiger partial charge < -0.3 is 10.5 Å². The highest BCUT2D eigenvalue weighted by Gasteiger charge is 2.18. The minimum atomic E-state index is -0.341. The highest BCUT2D eigenvalue weighted by atomic mass is 19.1. The summed E-state index contributed by atoms with van der Waals surface area (Å²) in [4.78, 5) is 4.68. The maximum atomic E-state index is 13.6. The Morgan fingerprint density at radius 2 is 2.00 bits per heavy atom. The third-order valence-electron chi connectivity index (χ3n) is 3.81. The first kappa shape index (κ1) is 12.2. The lowest BCUT2D eigenvalue weighted by Crippen LogP contribution is -2.04. The van der Waals surface area contributed by atoms with Gasteiger partial charge in [-0.2, -0.15) is 0 Å². The van der Waals surface area contributed by atoms with Gasteiger partial charge in [0.25, 0.3) is 0 Å². The van der Waals surface area contributed by atoms with E-state index in [0.29, 0.717) is 22.3 Å². The first-order valence-electron chi connectivity index (χ1n) is 6.65. The summed E-state index contributed by atoms with van der Waals surface area (Å²) in [6.07, 6.45) is 5.32. The highest BCUT2D eigenvalue weighted by molar-refractivity contribution is 5.95. The van der Waals surface area contributed by atoms with E-state index in [-0.39, 0.29) is 5.82 Å². The number of anilines is 1. The number of halogens is 1. The fourth-order valence-electron chi connectivity index (χ4n) is 2.83. The number of methoxy groups -OCH3 is 1. The minimum absolute atomic E-state index is 0.341. The Hall–Kier alpha value is -1.84. The van der Waals surface area contributed by atoms with Crippen LogP contribution in [-0.4, -0.2) is 12.1 Å². The predicted molar refractivity (Wildman–Crippen MR) is 73.9 cm³/mol. The Morgan fingerprint density at radius 3 is 2.79 bits per heavy atom. The fourth-order valence-corrected chi connectivity index (χ4v) is 2.83. The molecule has 0 saturated carbocycles. The van der Waals surface area contributed by atoms with Crippen molar-refractivity contribution in [3.05, 3.63) is 29.2 Å². The Morgan fingerprint density at radius 1 is 1.21 bits per heavy atom. The average Bonchev–Trinajstić information content (AvgIpc) is 2.64. The molecule has 1 aliphatic rings. The van der Waals surface area contributed by atoms with Crippen LogP contribution in [-0.2, 0) is 12.8 Å². The second-order valence-electron chi connectivity index (χ2n) is 5.02. The lowest BCUT2D eigenvalue weighted by atomic mass is 10.0. The van der Waals surface area contributed by atoms with E-state index in [2.05, 4.69) is 4.98 Å². The van der Waals surface area contributed by atoms with E-state index in [1.807, 2.05) is 0 Å². The van der Waals surface area contributed by atoms with Crippen LogP contribution in [0.25, 0.3) is 10.9 Å². The summed E-state index contributed by atoms with van der Waals surface area (Å²) in [6, 6.07) is 2.81. The third-order valence-corrected chi connectivity index (χ3v) is 3.81. The molecule has 0 radical (unpaired) electrons. The van der Waals surface area contributed by atoms with Gasteiger partial charge in [-0.15, -0.1) is 0 Å². The maximum Gasteiger partial charge on any atom is 0.148 e. The molecule has 0 unspecified atom stereocenters. The molecule has 0 amide bonds. The van der Waals surface area contributed by atoms with Gasteiger partial charge in [-0.05, 0) is 37.3 Å². The highest BCUT2D eigenvalue weighted by Crippen LogP contribution is 2.35. The van der Waals surface area contributed by atoms with E-state index in [4.69, 9.17) is 10.5 Å². The summed E-state index contributed by atoms with van der Waals surface area (Å²) >= 11 is 0. The molecule has 19 heavy (non-hydrogen) atoms. The number of ether oxygens (including phenoxy) is 1. The Kier molecular flexibility index (Phi) is 3.01. The second kappa shape index (κ2) is 4.68. The molecule has 1 aromatic heterocycles. The van der Waals surface area contributed by atoms with E-state index in [9.17, 15) is 4.39 Å². The molecule has 0 saturated heterocycles. The van der Waals surface area contributed by atoms with Crippen LogP contribution in [0.4, 0.5) is 10.1 Å². The normalized spacial score (nSPS) is 15.1. The van der Waals surface area contributed by atoms with Gasteiger partial charge in [0.05, 0.1) is 7.11 Å². The zero-order chi connectivity index (χ0) is 13.4. The number of nitrogens with zero attached hydrogens (tertiary/aromatic N) is 1. The van der Waals surface area contributed by atoms with E-state index in [1.165, 1.54) is 25.7 Å². The molecule has 3 nitrogen and oxygen atoms in total. The molecule has 0 atom stereocenters. The van der Waals surface area contributed by atoms with Crippen molar-refractivity contribution in [3.8, 4) is 5.75 Å². The Balaban J connectivity index is 2.33. The first-order chi connectivity index (χ1) is 9.20. The van der Waals surface area contributed by atoms with Gasteiger partial charge in [0.2, 0.25) is 0 Å². The van der Waals surface area contributed by atoms with Crippen molar-refractivity contribution in [2.75, 3.05) is 12.8 Å². The molecule has 2 N–H and O–H groups in total. The van der Waals surface area contributed by atoms with Crippen LogP contribution in [0.15, 0.2) is 12.1 Å². The van der Waals surface area contributed by atoms with Crippen LogP contribution in [0.5, 0.6) is 5.75 Å². The predicted octanol–water partition coefficient (Wildman–Crippen LogP) is 3.23. The van der Waals surface area contributed by atoms with Crippen LogP contribution in [0.3, 0.4) is 0 Å². The van der Waals surface area contributed by atoms with Crippen molar-refractivity contribution in [1.29, 1.82) is 0 Å². The lowest BCUT2D eigenvalue weighted by molar-refractivity contribution is 0.415. The standard InChI is InChI=1S/C15H17FN2O/c1-19-13-8-9(16)7-11-14(17)10-5-3-2-4-6-12(10)18-15(11)13/h7-8H,2-6H2,1H3,(H2,17,18). The zero-order valence-electron chi connectivity index (χ0n) is 11.0. The van der Waals surface area contributed by atoms with Crippen LogP contribution in [0, 0.1) is 5.82 Å². The average molecular weight is 260 g/mol. The number of rotatable bonds is 1. The zero-order valence-corrected chi connectivity index (χ0v) is 11.0. The van der Waals surface area contributed by atoms with Crippen LogP contribution >= 0.6 is 0 Å². The molecule has 4 heteroatoms. The molecule has 2 aromatic rings. The largest absolute Gasteiger partial charge is 0.494 e. The number of aromatic nitrogens is 1. The quantitative estimate of drug-likeness (QED) is 0.801. The summed E-state index contributed by atoms with van der Waals surface area (Å²) in [5, 5.41) is 0.664. The number of benzene rings is 1. The molecule has 0 fully saturated rings. The van der Waals surface area contributed by atoms with Crippen molar-refractivity contribution in [3.63, 3.8) is 0 Å². The molecule has 1 heterocycles. The Labute approximate surface area is 111 Å². The number of fused-ring (bicyclic) bond motifs is 2. The fraction of sp³-hybridized carbons (Fsp3) is 0.400. The van der Waals surface area contributed by atoms with Gasteiger partial charge >= 0.3 is 0 Å². The van der Waals surface area contributed by atoms with E-state index in [1.54, 1.807) is 0 Å². The number of hydrogen-bond acceptors (Lipinski definition) is 3. The number of nitrogens with two attached hydrogens (primary N) is 1. The first-order valence-corrected chi connectivity index (χ1v) is 6.65. The van der Waals surface area contributed by atoms with Crippen LogP contribution in [0.1, 0.15) is 30.5 Å². The van der Waals surface area contributed by atoms with Gasteiger partial charge in [0.1, 0.15) is 17.1 Å². The maximum absolute atomic E-state index is 13.6. The van der Waals surface area contributed by atoms with Crippen molar-refractivity contribution in [2.24, 2.45) is 0 Å². The number of pyridine rings is 1. The minimum Gasteiger partial charge on any atom is -0.494 e. The molecule has 100 valence electrons. The van der Waals surface area contributed by atoms with Crippen molar-refractivity contribution >= 4 is 16.6 Å². The molecule has 3 rings (SSSR count). The molecule has 0 spiro atoms. The molecule has 0 bridgehead atoms. The SMILES string of the molecule is COc1cc(F)cc2c(N)c3c(nc12)CCCCC3. The number of aryl methyl sites for hydroxylation is 1. The second-order valence-corrected chi connectivity index (χ2v) is 5.02. The van der Waals surface area contributed by atoms with Crippen molar-refractivity contribution in [2.45, 2.75) is 32.1 Å². The van der Waals surface area contributed by atoms with Gasteiger partial charge in [-0.3, -0.25) is 0 Å². The molecule has 1 aromatic carbocycles. The van der Waals surface area contributed by atoms with Gasteiger partial charge in [0, 0.05) is 22.8 Å². The van der Waals surface area contributed by atoms with E-state index < -0.39 is 0 Å². The summed E-state index contributed by atoms with van der Waals surface area (Å²) in [7, 11) is 1.53. The topological polar surface area (TPSA) is 48.1 Å². The third kappa shape index (κ3) is 2.01. The summed E-state index contributed by atoms with van der Waals surface area (Å²) < 4.78 is 18.8. The van der Waals surface area contributed by atoms with E-state index in [0.717, 1.165) is 36.9 Å². The van der Waals surface area contributed by atoms with Crippen molar-refractivity contribution in [1.82, 2.24) is 4.98 Å². The van der Waals surface area contributed by atoms with Gasteiger partial charge in [0.15, 0.2) is 0 Å². The summed E-state index contributed by atoms with van der Waals surface area (Å²) in [6.45, 7) is 0. The molecule has 0 aliphatic heterocycles. The van der Waals surface area contributed by atoms with Crippen molar-refractivity contribution < 1.29 is 9.13 Å². The van der Waals surface area contributed by atoms with Crippen LogP contribution < -0.4 is 10.5 Å². The number of hydrogen-bond donors (Lipinski definition) is 1. The van der Waals surface area contributed by atoms with Gasteiger partial charge in [-0.25, -0.2) is 9.37 Å². The summed E-state index contributed by atoms with van der Waals surface area (Å²) in [5.41, 5.74) is 9.72. The molecular weight excluding hydrogens is 243 g/mol. The number of nitrogen functional groups attached to an aromatic ring is 1. The monoisotopic (exact) mass is 260 g/mol. The lowest BCUT2D eigenvalue weighted by Gasteiger charge is -2.14. The van der Waals surface area contributed by atoms with Crippen LogP contribution in [0.2, 0.25) is 0 Å². The Bertz CT molecular complexity index is 640. The molecular formula is C15H17FN2O. The summed E-state index contributed by atoms with van der Waals surface area (Å²) in [5.74, 6) is 0.111. The molecule has 1 aliphatic carbocycles. The van der Waals surface area contributed by atoms with Gasteiger partial charge in [-0.1, -0.05) is 6.42 Å². The smallest absolute Gasteiger partial charge is 0.148 e.